The summed E-state index contributed by atoms with van der Waals surface area (Å²) >= 11 is 0. The zero-order chi connectivity index (χ0) is 20.8. The normalized spacial score (nSPS) is 16.3. The molecular formula is C21H23F2N5O. The van der Waals surface area contributed by atoms with Gasteiger partial charge >= 0.3 is 5.92 Å². The molecule has 2 aliphatic rings. The van der Waals surface area contributed by atoms with E-state index in [1.165, 1.54) is 6.92 Å². The first-order valence-electron chi connectivity index (χ1n) is 9.64. The Labute approximate surface area is 167 Å². The fourth-order valence-corrected chi connectivity index (χ4v) is 3.24. The minimum atomic E-state index is -3.13. The lowest BCUT2D eigenvalue weighted by molar-refractivity contribution is -0.114. The second-order valence-corrected chi connectivity index (χ2v) is 8.11. The van der Waals surface area contributed by atoms with Crippen molar-refractivity contribution in [2.75, 3.05) is 5.32 Å². The molecule has 2 aliphatic carbocycles. The monoisotopic (exact) mass is 399 g/mol. The van der Waals surface area contributed by atoms with Crippen LogP contribution in [-0.2, 0) is 10.7 Å². The number of pyridine rings is 1. The lowest BCUT2D eigenvalue weighted by Gasteiger charge is -2.11. The summed E-state index contributed by atoms with van der Waals surface area (Å²) in [5.41, 5.74) is 3.17. The minimum Gasteiger partial charge on any atom is -0.359 e. The van der Waals surface area contributed by atoms with Gasteiger partial charge in [0.25, 0.3) is 0 Å². The maximum atomic E-state index is 13.6. The van der Waals surface area contributed by atoms with E-state index >= 15 is 0 Å². The topological polar surface area (TPSA) is 83.6 Å². The summed E-state index contributed by atoms with van der Waals surface area (Å²) in [6, 6.07) is 3.31. The van der Waals surface area contributed by atoms with E-state index in [0.717, 1.165) is 17.7 Å². The van der Waals surface area contributed by atoms with Crippen LogP contribution in [0.1, 0.15) is 51.0 Å². The molecule has 29 heavy (non-hydrogen) atoms. The molecule has 3 aromatic heterocycles. The van der Waals surface area contributed by atoms with Gasteiger partial charge in [-0.25, -0.2) is 15.0 Å². The zero-order valence-corrected chi connectivity index (χ0v) is 16.6. The van der Waals surface area contributed by atoms with Crippen LogP contribution in [0.3, 0.4) is 0 Å². The largest absolute Gasteiger partial charge is 0.359 e. The van der Waals surface area contributed by atoms with Crippen molar-refractivity contribution in [3.8, 4) is 11.3 Å². The molecule has 1 amide bonds. The Bertz CT molecular complexity index is 1060. The van der Waals surface area contributed by atoms with Crippen molar-refractivity contribution >= 4 is 22.6 Å². The molecule has 0 saturated heterocycles. The number of fused-ring (bicyclic) bond motifs is 1. The van der Waals surface area contributed by atoms with Crippen molar-refractivity contribution < 1.29 is 13.6 Å². The van der Waals surface area contributed by atoms with Gasteiger partial charge in [-0.3, -0.25) is 4.79 Å². The number of alkyl halides is 2. The highest BCUT2D eigenvalue weighted by Crippen LogP contribution is 2.65. The number of aromatic nitrogens is 4. The number of nitrogens with zero attached hydrogens (tertiary/aromatic N) is 3. The molecule has 0 unspecified atom stereocenters. The predicted molar refractivity (Wildman–Crippen MR) is 107 cm³/mol. The third-order valence-corrected chi connectivity index (χ3v) is 5.31. The van der Waals surface area contributed by atoms with Gasteiger partial charge in [0.2, 0.25) is 5.91 Å². The van der Waals surface area contributed by atoms with Crippen LogP contribution in [0.25, 0.3) is 22.2 Å². The lowest BCUT2D eigenvalue weighted by atomic mass is 10.1. The molecular weight excluding hydrogens is 376 g/mol. The number of aromatic amines is 1. The lowest BCUT2D eigenvalue weighted by Crippen LogP contribution is -2.13. The van der Waals surface area contributed by atoms with E-state index in [1.54, 1.807) is 57.1 Å². The van der Waals surface area contributed by atoms with E-state index < -0.39 is 11.7 Å². The Morgan fingerprint density at radius 3 is 2.45 bits per heavy atom. The Hall–Kier alpha value is -2.90. The summed E-state index contributed by atoms with van der Waals surface area (Å²) in [4.78, 5) is 26.1. The third kappa shape index (κ3) is 4.41. The van der Waals surface area contributed by atoms with Crippen LogP contribution >= 0.6 is 0 Å². The molecule has 5 rings (SSSR count). The Morgan fingerprint density at radius 1 is 1.21 bits per heavy atom. The number of H-pyrrole nitrogens is 1. The van der Waals surface area contributed by atoms with Gasteiger partial charge in [0.1, 0.15) is 5.82 Å². The molecule has 0 aromatic carbocycles. The van der Waals surface area contributed by atoms with Gasteiger partial charge in [0, 0.05) is 36.7 Å². The molecule has 2 saturated carbocycles. The van der Waals surface area contributed by atoms with Crippen molar-refractivity contribution in [2.45, 2.75) is 52.4 Å². The van der Waals surface area contributed by atoms with Crippen molar-refractivity contribution in [1.82, 2.24) is 19.9 Å². The first-order chi connectivity index (χ1) is 13.7. The maximum absolute atomic E-state index is 13.6. The standard InChI is InChI=1S/C16H15F2N5O.C5H8/c1-8-4-12(23-15(21-8)16(3,17)18)11-6-19-13-7-20-14(5-10(11)13)22-9(2)24;1-2-5(1)3-4-5/h4-7,19H,1-3H3,(H,20,22,24);1-4H2. The average Bonchev–Trinajstić information content (AvgIpc) is 3.55. The van der Waals surface area contributed by atoms with E-state index in [4.69, 9.17) is 0 Å². The van der Waals surface area contributed by atoms with Gasteiger partial charge in [-0.15, -0.1) is 0 Å². The number of hydrogen-bond acceptors (Lipinski definition) is 4. The molecule has 0 atom stereocenters. The summed E-state index contributed by atoms with van der Waals surface area (Å²) < 4.78 is 27.2. The number of carbonyl (C=O) groups is 1. The van der Waals surface area contributed by atoms with Gasteiger partial charge in [-0.05, 0) is 50.2 Å². The smallest absolute Gasteiger partial charge is 0.303 e. The van der Waals surface area contributed by atoms with Crippen LogP contribution in [0.15, 0.2) is 24.5 Å². The summed E-state index contributed by atoms with van der Waals surface area (Å²) in [7, 11) is 0. The van der Waals surface area contributed by atoms with Crippen LogP contribution in [0, 0.1) is 12.3 Å². The Kier molecular flexibility index (Phi) is 4.59. The van der Waals surface area contributed by atoms with Crippen molar-refractivity contribution in [1.29, 1.82) is 0 Å². The maximum Gasteiger partial charge on any atom is 0.303 e. The highest BCUT2D eigenvalue weighted by atomic mass is 19.3. The summed E-state index contributed by atoms with van der Waals surface area (Å²) in [5.74, 6) is -3.52. The number of aryl methyl sites for hydroxylation is 1. The van der Waals surface area contributed by atoms with E-state index in [-0.39, 0.29) is 5.91 Å². The van der Waals surface area contributed by atoms with Crippen molar-refractivity contribution in [3.05, 3.63) is 36.0 Å². The van der Waals surface area contributed by atoms with Gasteiger partial charge in [-0.1, -0.05) is 0 Å². The van der Waals surface area contributed by atoms with Gasteiger partial charge in [0.15, 0.2) is 5.82 Å². The number of amides is 1. The highest BCUT2D eigenvalue weighted by Gasteiger charge is 2.52. The highest BCUT2D eigenvalue weighted by molar-refractivity contribution is 5.97. The van der Waals surface area contributed by atoms with Crippen LogP contribution in [0.2, 0.25) is 0 Å². The van der Waals surface area contributed by atoms with E-state index in [0.29, 0.717) is 28.3 Å². The van der Waals surface area contributed by atoms with Crippen LogP contribution in [-0.4, -0.2) is 25.8 Å². The van der Waals surface area contributed by atoms with E-state index in [9.17, 15) is 13.6 Å². The van der Waals surface area contributed by atoms with Crippen molar-refractivity contribution in [3.63, 3.8) is 0 Å². The molecule has 0 aliphatic heterocycles. The molecule has 2 fully saturated rings. The molecule has 152 valence electrons. The molecule has 6 nitrogen and oxygen atoms in total. The number of halogens is 2. The van der Waals surface area contributed by atoms with Crippen LogP contribution in [0.5, 0.6) is 0 Å². The molecule has 0 bridgehead atoms. The molecule has 1 spiro atoms. The van der Waals surface area contributed by atoms with E-state index in [1.807, 2.05) is 0 Å². The van der Waals surface area contributed by atoms with Gasteiger partial charge in [-0.2, -0.15) is 8.78 Å². The number of rotatable bonds is 3. The summed E-state index contributed by atoms with van der Waals surface area (Å²) in [6.07, 6.45) is 9.48. The minimum absolute atomic E-state index is 0.246. The van der Waals surface area contributed by atoms with Crippen LogP contribution in [0.4, 0.5) is 14.6 Å². The molecule has 2 N–H and O–H groups in total. The van der Waals surface area contributed by atoms with Crippen LogP contribution < -0.4 is 5.32 Å². The fraction of sp³-hybridized carbons (Fsp3) is 0.429. The molecule has 3 heterocycles. The Morgan fingerprint density at radius 2 is 1.90 bits per heavy atom. The molecule has 8 heteroatoms. The number of anilines is 1. The Balaban J connectivity index is 0.000000349. The zero-order valence-electron chi connectivity index (χ0n) is 16.6. The summed E-state index contributed by atoms with van der Waals surface area (Å²) in [6.45, 7) is 3.78. The SMILES string of the molecule is C1CC12CC2.CC(=O)Nc1cc2c(-c3cc(C)nc(C(C)(F)F)n3)c[nH]c2cn1. The first kappa shape index (κ1) is 19.4. The summed E-state index contributed by atoms with van der Waals surface area (Å²) in [5, 5.41) is 3.32. The van der Waals surface area contributed by atoms with E-state index in [2.05, 4.69) is 25.3 Å². The molecule has 0 radical (unpaired) electrons. The number of carbonyl (C=O) groups excluding carboxylic acids is 1. The average molecular weight is 399 g/mol. The fourth-order valence-electron chi connectivity index (χ4n) is 3.24. The quantitative estimate of drug-likeness (QED) is 0.652. The van der Waals surface area contributed by atoms with Crippen molar-refractivity contribution in [2.24, 2.45) is 5.41 Å². The number of hydrogen-bond donors (Lipinski definition) is 2. The second-order valence-electron chi connectivity index (χ2n) is 8.11. The number of nitrogens with one attached hydrogen (secondary N) is 2. The second kappa shape index (κ2) is 6.86. The first-order valence-corrected chi connectivity index (χ1v) is 9.64. The van der Waals surface area contributed by atoms with Gasteiger partial charge in [0.05, 0.1) is 17.4 Å². The molecule has 3 aromatic rings. The van der Waals surface area contributed by atoms with Gasteiger partial charge < -0.3 is 10.3 Å². The predicted octanol–water partition coefficient (Wildman–Crippen LogP) is 4.96. The third-order valence-electron chi connectivity index (χ3n) is 5.31.